The maximum absolute atomic E-state index is 12.6. The van der Waals surface area contributed by atoms with E-state index in [2.05, 4.69) is 34.6 Å². The van der Waals surface area contributed by atoms with Gasteiger partial charge in [-0.1, -0.05) is 43.3 Å². The molecule has 0 unspecified atom stereocenters. The quantitative estimate of drug-likeness (QED) is 0.468. The monoisotopic (exact) mass is 474 g/mol. The van der Waals surface area contributed by atoms with Crippen LogP contribution in [0.15, 0.2) is 52.9 Å². The lowest BCUT2D eigenvalue weighted by atomic mass is 9.62. The summed E-state index contributed by atoms with van der Waals surface area (Å²) in [7, 11) is 0. The maximum atomic E-state index is 12.6. The van der Waals surface area contributed by atoms with Gasteiger partial charge in [-0.3, -0.25) is 9.59 Å². The highest BCUT2D eigenvalue weighted by atomic mass is 16.5. The first-order chi connectivity index (χ1) is 16.8. The van der Waals surface area contributed by atoms with Crippen molar-refractivity contribution in [1.29, 1.82) is 0 Å². The molecular formula is C28H30N2O5. The summed E-state index contributed by atoms with van der Waals surface area (Å²) in [4.78, 5) is 28.0. The number of nitrogens with zero attached hydrogens (tertiary/aromatic N) is 1. The van der Waals surface area contributed by atoms with Gasteiger partial charge in [0, 0.05) is 17.5 Å². The van der Waals surface area contributed by atoms with Gasteiger partial charge in [-0.2, -0.15) is 0 Å². The number of benzene rings is 2. The maximum Gasteiger partial charge on any atom is 0.306 e. The van der Waals surface area contributed by atoms with Crippen molar-refractivity contribution in [2.45, 2.75) is 63.4 Å². The molecule has 1 aromatic heterocycles. The first-order valence-electron chi connectivity index (χ1n) is 12.2. The van der Waals surface area contributed by atoms with Crippen molar-refractivity contribution in [3.8, 4) is 11.1 Å². The van der Waals surface area contributed by atoms with Crippen LogP contribution in [0.2, 0.25) is 0 Å². The molecule has 7 nitrogen and oxygen atoms in total. The van der Waals surface area contributed by atoms with E-state index in [-0.39, 0.29) is 23.5 Å². The van der Waals surface area contributed by atoms with Crippen molar-refractivity contribution in [1.82, 2.24) is 4.98 Å². The van der Waals surface area contributed by atoms with E-state index in [4.69, 9.17) is 9.15 Å². The van der Waals surface area contributed by atoms with Crippen molar-refractivity contribution in [2.75, 3.05) is 11.9 Å². The normalized spacial score (nSPS) is 23.3. The fourth-order valence-corrected chi connectivity index (χ4v) is 5.40. The van der Waals surface area contributed by atoms with Crippen LogP contribution in [0.5, 0.6) is 0 Å². The van der Waals surface area contributed by atoms with Gasteiger partial charge in [-0.15, -0.1) is 0 Å². The van der Waals surface area contributed by atoms with E-state index in [0.717, 1.165) is 36.8 Å². The van der Waals surface area contributed by atoms with Crippen LogP contribution in [0.4, 0.5) is 5.69 Å². The van der Waals surface area contributed by atoms with Crippen molar-refractivity contribution < 1.29 is 23.8 Å². The first-order valence-corrected chi connectivity index (χ1v) is 12.2. The number of anilines is 1. The smallest absolute Gasteiger partial charge is 0.306 e. The predicted molar refractivity (Wildman–Crippen MR) is 132 cm³/mol. The number of aromatic nitrogens is 1. The Balaban J connectivity index is 1.25. The molecule has 0 radical (unpaired) electrons. The zero-order chi connectivity index (χ0) is 24.6. The van der Waals surface area contributed by atoms with E-state index >= 15 is 0 Å². The lowest BCUT2D eigenvalue weighted by molar-refractivity contribution is -0.174. The van der Waals surface area contributed by atoms with Gasteiger partial charge in [0.2, 0.25) is 5.76 Å². The van der Waals surface area contributed by atoms with Crippen molar-refractivity contribution in [2.24, 2.45) is 0 Å². The van der Waals surface area contributed by atoms with Crippen LogP contribution in [0, 0.1) is 6.92 Å². The Morgan fingerprint density at radius 2 is 1.63 bits per heavy atom. The standard InChI is InChI=1S/C28H30N2O5/c1-3-23-29-18(2)25(35-23)26(33)30-22-10-6-20(7-11-22)19-4-8-21(9-5-19)27-12-14-28(15-13-27,34-17-27)16-24(31)32/h4-11H,3,12-17H2,1-2H3,(H,30,33)(H,31,32). The molecule has 3 heterocycles. The Labute approximate surface area is 204 Å². The molecule has 1 aliphatic carbocycles. The van der Waals surface area contributed by atoms with Crippen molar-refractivity contribution in [3.05, 3.63) is 71.4 Å². The Morgan fingerprint density at radius 3 is 2.14 bits per heavy atom. The Kier molecular flexibility index (Phi) is 5.97. The molecule has 2 N–H and O–H groups in total. The number of ether oxygens (including phenoxy) is 1. The lowest BCUT2D eigenvalue weighted by Crippen LogP contribution is -2.54. The molecule has 0 spiro atoms. The van der Waals surface area contributed by atoms with Crippen molar-refractivity contribution >= 4 is 17.6 Å². The number of hydrogen-bond acceptors (Lipinski definition) is 5. The highest BCUT2D eigenvalue weighted by molar-refractivity contribution is 6.03. The number of nitrogens with one attached hydrogen (secondary N) is 1. The number of aliphatic carboxylic acids is 1. The second kappa shape index (κ2) is 8.96. The van der Waals surface area contributed by atoms with E-state index in [9.17, 15) is 14.7 Å². The number of carbonyl (C=O) groups excluding carboxylic acids is 1. The third-order valence-corrected chi connectivity index (χ3v) is 7.57. The van der Waals surface area contributed by atoms with Crippen LogP contribution in [0.25, 0.3) is 11.1 Å². The predicted octanol–water partition coefficient (Wildman–Crippen LogP) is 5.52. The fraction of sp³-hybridized carbons (Fsp3) is 0.393. The summed E-state index contributed by atoms with van der Waals surface area (Å²) < 4.78 is 11.7. The third-order valence-electron chi connectivity index (χ3n) is 7.57. The van der Waals surface area contributed by atoms with Gasteiger partial charge in [-0.05, 0) is 61.4 Å². The summed E-state index contributed by atoms with van der Waals surface area (Å²) >= 11 is 0. The number of oxazole rings is 1. The van der Waals surface area contributed by atoms with Gasteiger partial charge in [-0.25, -0.2) is 4.98 Å². The molecule has 2 bridgehead atoms. The Hall–Kier alpha value is -3.45. The molecule has 3 fully saturated rings. The largest absolute Gasteiger partial charge is 0.481 e. The molecule has 7 heteroatoms. The molecule has 1 amide bonds. The fourth-order valence-electron chi connectivity index (χ4n) is 5.40. The molecule has 182 valence electrons. The Morgan fingerprint density at radius 1 is 1.00 bits per heavy atom. The van der Waals surface area contributed by atoms with Crippen LogP contribution in [-0.4, -0.2) is 34.2 Å². The molecule has 6 rings (SSSR count). The summed E-state index contributed by atoms with van der Waals surface area (Å²) in [6.45, 7) is 4.28. The van der Waals surface area contributed by atoms with Crippen LogP contribution in [-0.2, 0) is 21.4 Å². The zero-order valence-electron chi connectivity index (χ0n) is 20.1. The number of hydrogen-bond donors (Lipinski definition) is 2. The number of aryl methyl sites for hydroxylation is 2. The van der Waals surface area contributed by atoms with E-state index in [1.807, 2.05) is 31.2 Å². The van der Waals surface area contributed by atoms with Gasteiger partial charge in [0.05, 0.1) is 24.3 Å². The summed E-state index contributed by atoms with van der Waals surface area (Å²) in [6, 6.07) is 16.3. The summed E-state index contributed by atoms with van der Waals surface area (Å²) in [5.41, 5.74) is 4.18. The summed E-state index contributed by atoms with van der Waals surface area (Å²) in [6.07, 6.45) is 4.23. The molecule has 2 aromatic carbocycles. The number of carboxylic acid groups (broad SMARTS) is 1. The minimum atomic E-state index is -0.784. The molecule has 35 heavy (non-hydrogen) atoms. The van der Waals surface area contributed by atoms with Gasteiger partial charge in [0.15, 0.2) is 5.89 Å². The first kappa shape index (κ1) is 23.3. The van der Waals surface area contributed by atoms with E-state index in [0.29, 0.717) is 30.3 Å². The third kappa shape index (κ3) is 4.48. The lowest BCUT2D eigenvalue weighted by Gasteiger charge is -2.53. The number of rotatable bonds is 7. The average molecular weight is 475 g/mol. The molecule has 2 saturated heterocycles. The van der Waals surface area contributed by atoms with E-state index in [1.165, 1.54) is 5.56 Å². The second-order valence-electron chi connectivity index (χ2n) is 9.81. The number of carboxylic acids is 1. The number of fused-ring (bicyclic) bond motifs is 3. The SMILES string of the molecule is CCc1nc(C)c(C(=O)Nc2ccc(-c3ccc(C45CCC(CC(=O)O)(CC4)OC5)cc3)cc2)o1. The minimum Gasteiger partial charge on any atom is -0.481 e. The zero-order valence-corrected chi connectivity index (χ0v) is 20.1. The van der Waals surface area contributed by atoms with Gasteiger partial charge >= 0.3 is 5.97 Å². The highest BCUT2D eigenvalue weighted by Crippen LogP contribution is 2.51. The molecule has 1 saturated carbocycles. The molecule has 2 aliphatic heterocycles. The van der Waals surface area contributed by atoms with Crippen LogP contribution < -0.4 is 5.32 Å². The minimum absolute atomic E-state index is 0.0244. The average Bonchev–Trinajstić information content (AvgIpc) is 3.26. The molecule has 0 atom stereocenters. The molecule has 3 aliphatic rings. The van der Waals surface area contributed by atoms with Crippen LogP contribution in [0.3, 0.4) is 0 Å². The van der Waals surface area contributed by atoms with Crippen molar-refractivity contribution in [3.63, 3.8) is 0 Å². The van der Waals surface area contributed by atoms with E-state index < -0.39 is 11.6 Å². The summed E-state index contributed by atoms with van der Waals surface area (Å²) in [5, 5.41) is 12.1. The van der Waals surface area contributed by atoms with Crippen LogP contribution >= 0.6 is 0 Å². The molecule has 3 aromatic rings. The second-order valence-corrected chi connectivity index (χ2v) is 9.81. The van der Waals surface area contributed by atoms with Gasteiger partial charge in [0.1, 0.15) is 0 Å². The molecular weight excluding hydrogens is 444 g/mol. The number of carbonyl (C=O) groups is 2. The summed E-state index contributed by atoms with van der Waals surface area (Å²) in [5.74, 6) is -0.289. The Bertz CT molecular complexity index is 1220. The van der Waals surface area contributed by atoms with Gasteiger partial charge in [0.25, 0.3) is 5.91 Å². The van der Waals surface area contributed by atoms with Crippen LogP contribution in [0.1, 0.15) is 66.7 Å². The number of amides is 1. The van der Waals surface area contributed by atoms with Gasteiger partial charge < -0.3 is 19.6 Å². The van der Waals surface area contributed by atoms with E-state index in [1.54, 1.807) is 6.92 Å². The highest BCUT2D eigenvalue weighted by Gasteiger charge is 2.51. The topological polar surface area (TPSA) is 102 Å².